The lowest BCUT2D eigenvalue weighted by Gasteiger charge is -2.29. The van der Waals surface area contributed by atoms with Gasteiger partial charge in [0, 0.05) is 24.5 Å². The van der Waals surface area contributed by atoms with Crippen LogP contribution in [0.4, 0.5) is 11.6 Å². The number of carbonyl (C=O) groups is 2. The molecule has 210 valence electrons. The second-order valence-corrected chi connectivity index (χ2v) is 10.9. The first-order valence-electron chi connectivity index (χ1n) is 13.4. The molecule has 0 saturated carbocycles. The third kappa shape index (κ3) is 5.85. The Bertz CT molecular complexity index is 1430. The number of nitrogens with one attached hydrogen (secondary N) is 2. The highest BCUT2D eigenvalue weighted by Crippen LogP contribution is 2.37. The van der Waals surface area contributed by atoms with Crippen molar-refractivity contribution in [3.63, 3.8) is 0 Å². The predicted molar refractivity (Wildman–Crippen MR) is 155 cm³/mol. The van der Waals surface area contributed by atoms with Crippen molar-refractivity contribution in [3.8, 4) is 5.75 Å². The van der Waals surface area contributed by atoms with Gasteiger partial charge in [0.15, 0.2) is 6.61 Å². The van der Waals surface area contributed by atoms with E-state index in [0.717, 1.165) is 28.1 Å². The Hall–Kier alpha value is -3.83. The Morgan fingerprint density at radius 3 is 2.60 bits per heavy atom. The van der Waals surface area contributed by atoms with Crippen molar-refractivity contribution < 1.29 is 19.1 Å². The molecule has 10 nitrogen and oxygen atoms in total. The molecule has 0 bridgehead atoms. The minimum Gasteiger partial charge on any atom is -0.484 e. The first-order valence-corrected chi connectivity index (χ1v) is 14.4. The fourth-order valence-electron chi connectivity index (χ4n) is 4.80. The number of aromatic nitrogens is 3. The van der Waals surface area contributed by atoms with Crippen molar-refractivity contribution in [3.05, 3.63) is 70.4 Å². The first kappa shape index (κ1) is 27.7. The van der Waals surface area contributed by atoms with E-state index in [-0.39, 0.29) is 18.4 Å². The van der Waals surface area contributed by atoms with Gasteiger partial charge >= 0.3 is 0 Å². The molecule has 5 rings (SSSR count). The maximum atomic E-state index is 13.8. The average molecular weight is 563 g/mol. The van der Waals surface area contributed by atoms with E-state index in [1.54, 1.807) is 21.3 Å². The summed E-state index contributed by atoms with van der Waals surface area (Å²) in [5.41, 5.74) is 4.98. The molecule has 1 unspecified atom stereocenters. The number of hydrogen-bond donors (Lipinski definition) is 2. The summed E-state index contributed by atoms with van der Waals surface area (Å²) in [6, 6.07) is 12.8. The topological polar surface area (TPSA) is 111 Å². The van der Waals surface area contributed by atoms with Crippen molar-refractivity contribution >= 4 is 35.2 Å². The summed E-state index contributed by atoms with van der Waals surface area (Å²) >= 11 is 1.54. The van der Waals surface area contributed by atoms with Gasteiger partial charge in [-0.15, -0.1) is 5.10 Å². The molecule has 2 N–H and O–H groups in total. The number of thioether (sulfide) groups is 1. The number of morpholine rings is 1. The second kappa shape index (κ2) is 12.1. The van der Waals surface area contributed by atoms with Crippen LogP contribution in [0, 0.1) is 13.8 Å². The molecule has 2 aliphatic heterocycles. The van der Waals surface area contributed by atoms with E-state index in [0.29, 0.717) is 54.4 Å². The van der Waals surface area contributed by atoms with Crippen molar-refractivity contribution in [2.75, 3.05) is 49.3 Å². The summed E-state index contributed by atoms with van der Waals surface area (Å²) in [6.45, 7) is 10.1. The summed E-state index contributed by atoms with van der Waals surface area (Å²) in [6.07, 6.45) is 0. The molecule has 2 aliphatic rings. The second-order valence-electron chi connectivity index (χ2n) is 9.71. The molecule has 2 aromatic carbocycles. The molecular weight excluding hydrogens is 528 g/mol. The fraction of sp³-hybridized carbons (Fsp3) is 0.379. The Morgan fingerprint density at radius 1 is 1.12 bits per heavy atom. The summed E-state index contributed by atoms with van der Waals surface area (Å²) in [4.78, 5) is 32.7. The summed E-state index contributed by atoms with van der Waals surface area (Å²) in [7, 11) is 0. The number of rotatable bonds is 8. The van der Waals surface area contributed by atoms with E-state index in [9.17, 15) is 9.59 Å². The van der Waals surface area contributed by atoms with Crippen molar-refractivity contribution in [2.24, 2.45) is 0 Å². The smallest absolute Gasteiger partial charge is 0.260 e. The number of allylic oxidation sites excluding steroid dienone is 1. The van der Waals surface area contributed by atoms with Gasteiger partial charge in [-0.2, -0.15) is 4.98 Å². The lowest BCUT2D eigenvalue weighted by atomic mass is 9.94. The summed E-state index contributed by atoms with van der Waals surface area (Å²) < 4.78 is 12.9. The number of hydrogen-bond acceptors (Lipinski definition) is 8. The quantitative estimate of drug-likeness (QED) is 0.394. The molecule has 0 radical (unpaired) electrons. The van der Waals surface area contributed by atoms with Gasteiger partial charge in [-0.25, -0.2) is 4.68 Å². The number of anilines is 2. The molecule has 1 atom stereocenters. The lowest BCUT2D eigenvalue weighted by Crippen LogP contribution is -2.42. The van der Waals surface area contributed by atoms with Gasteiger partial charge in [0.25, 0.3) is 11.8 Å². The highest BCUT2D eigenvalue weighted by molar-refractivity contribution is 7.99. The van der Waals surface area contributed by atoms with Crippen molar-refractivity contribution in [1.29, 1.82) is 0 Å². The Morgan fingerprint density at radius 2 is 1.88 bits per heavy atom. The number of fused-ring (bicyclic) bond motifs is 1. The van der Waals surface area contributed by atoms with Gasteiger partial charge in [-0.05, 0) is 61.4 Å². The molecule has 3 aromatic rings. The number of carbonyl (C=O) groups excluding carboxylic acids is 2. The molecule has 1 fully saturated rings. The van der Waals surface area contributed by atoms with E-state index < -0.39 is 6.04 Å². The third-order valence-corrected chi connectivity index (χ3v) is 7.85. The summed E-state index contributed by atoms with van der Waals surface area (Å²) in [5, 5.41) is 11.8. The maximum Gasteiger partial charge on any atom is 0.260 e. The van der Waals surface area contributed by atoms with E-state index in [2.05, 4.69) is 15.6 Å². The van der Waals surface area contributed by atoms with Crippen LogP contribution in [0.1, 0.15) is 36.6 Å². The van der Waals surface area contributed by atoms with Crippen LogP contribution in [0.3, 0.4) is 0 Å². The van der Waals surface area contributed by atoms with Crippen LogP contribution in [0.25, 0.3) is 0 Å². The van der Waals surface area contributed by atoms with E-state index in [4.69, 9.17) is 14.6 Å². The number of amides is 2. The predicted octanol–water partition coefficient (Wildman–Crippen LogP) is 4.17. The van der Waals surface area contributed by atoms with Crippen LogP contribution in [0.5, 0.6) is 5.75 Å². The molecule has 1 saturated heterocycles. The van der Waals surface area contributed by atoms with Crippen molar-refractivity contribution in [2.45, 2.75) is 38.9 Å². The van der Waals surface area contributed by atoms with Crippen LogP contribution in [0.15, 0.2) is 58.9 Å². The van der Waals surface area contributed by atoms with Crippen LogP contribution in [0.2, 0.25) is 0 Å². The Kier molecular flexibility index (Phi) is 8.41. The monoisotopic (exact) mass is 562 g/mol. The maximum absolute atomic E-state index is 13.8. The highest BCUT2D eigenvalue weighted by Gasteiger charge is 2.34. The van der Waals surface area contributed by atoms with Gasteiger partial charge in [0.2, 0.25) is 11.1 Å². The standard InChI is InChI=1S/C29H34N6O4S/c1-5-40-29-32-28-30-20(4)25(27(37)31-23-8-6-7-18(2)19(23)3)26(35(28)33-29)21-9-11-22(12-10-21)39-17-24(36)34-13-15-38-16-14-34/h6-12,26H,5,13-17H2,1-4H3,(H,31,37)(H,30,32,33). The van der Waals surface area contributed by atoms with Crippen LogP contribution in [-0.2, 0) is 14.3 Å². The molecule has 1 aromatic heterocycles. The van der Waals surface area contributed by atoms with Gasteiger partial charge < -0.3 is 25.0 Å². The zero-order valence-electron chi connectivity index (χ0n) is 23.2. The van der Waals surface area contributed by atoms with Gasteiger partial charge in [-0.1, -0.05) is 43.0 Å². The molecule has 0 spiro atoms. The van der Waals surface area contributed by atoms with E-state index >= 15 is 0 Å². The Labute approximate surface area is 238 Å². The molecule has 2 amide bonds. The minimum absolute atomic E-state index is 0.0416. The zero-order valence-corrected chi connectivity index (χ0v) is 24.0. The zero-order chi connectivity index (χ0) is 28.2. The number of ether oxygens (including phenoxy) is 2. The first-order chi connectivity index (χ1) is 19.4. The SMILES string of the molecule is CCSc1nc2n(n1)C(c1ccc(OCC(=O)N3CCOCC3)cc1)C(C(=O)Nc1cccc(C)c1C)=C(C)N2. The molecule has 3 heterocycles. The normalized spacial score (nSPS) is 16.8. The fourth-order valence-corrected chi connectivity index (χ4v) is 5.35. The largest absolute Gasteiger partial charge is 0.484 e. The van der Waals surface area contributed by atoms with Crippen LogP contribution in [-0.4, -0.2) is 70.1 Å². The van der Waals surface area contributed by atoms with Gasteiger partial charge in [0.05, 0.1) is 18.8 Å². The van der Waals surface area contributed by atoms with E-state index in [1.165, 1.54) is 0 Å². The molecular formula is C29H34N6O4S. The van der Waals surface area contributed by atoms with Gasteiger partial charge in [0.1, 0.15) is 11.8 Å². The van der Waals surface area contributed by atoms with E-state index in [1.807, 2.05) is 70.2 Å². The van der Waals surface area contributed by atoms with Crippen LogP contribution >= 0.6 is 11.8 Å². The number of nitrogens with zero attached hydrogens (tertiary/aromatic N) is 4. The number of aryl methyl sites for hydroxylation is 1. The Balaban J connectivity index is 1.41. The van der Waals surface area contributed by atoms with Crippen LogP contribution < -0.4 is 15.4 Å². The molecule has 40 heavy (non-hydrogen) atoms. The minimum atomic E-state index is -0.510. The van der Waals surface area contributed by atoms with Crippen molar-refractivity contribution in [1.82, 2.24) is 19.7 Å². The van der Waals surface area contributed by atoms with Gasteiger partial charge in [-0.3, -0.25) is 9.59 Å². The highest BCUT2D eigenvalue weighted by atomic mass is 32.2. The third-order valence-electron chi connectivity index (χ3n) is 7.13. The summed E-state index contributed by atoms with van der Waals surface area (Å²) in [5.74, 6) is 1.70. The molecule has 11 heteroatoms. The lowest BCUT2D eigenvalue weighted by molar-refractivity contribution is -0.137. The average Bonchev–Trinajstić information content (AvgIpc) is 3.36. The molecule has 0 aliphatic carbocycles. The number of benzene rings is 2.